The lowest BCUT2D eigenvalue weighted by Crippen LogP contribution is -2.38. The summed E-state index contributed by atoms with van der Waals surface area (Å²) in [5, 5.41) is 7.56. The zero-order chi connectivity index (χ0) is 15.8. The van der Waals surface area contributed by atoms with Gasteiger partial charge < -0.3 is 15.0 Å². The maximum absolute atomic E-state index is 5.19. The molecule has 2 aromatic rings. The van der Waals surface area contributed by atoms with Crippen LogP contribution in [0.4, 0.5) is 0 Å². The number of hydrogen-bond donors (Lipinski definition) is 1. The quantitative estimate of drug-likeness (QED) is 0.416. The Hall–Kier alpha value is -1.28. The number of benzene rings is 1. The molecule has 0 saturated heterocycles. The van der Waals surface area contributed by atoms with Gasteiger partial charge in [-0.2, -0.15) is 11.3 Å². The second-order valence-electron chi connectivity index (χ2n) is 5.01. The minimum atomic E-state index is 0. The first-order chi connectivity index (χ1) is 10.7. The van der Waals surface area contributed by atoms with E-state index in [4.69, 9.17) is 9.73 Å². The molecular weight excluding hydrogens is 421 g/mol. The molecule has 6 heteroatoms. The van der Waals surface area contributed by atoms with Crippen molar-refractivity contribution in [2.75, 3.05) is 20.7 Å². The highest BCUT2D eigenvalue weighted by molar-refractivity contribution is 14.0. The molecule has 1 heterocycles. The largest absolute Gasteiger partial charge is 0.497 e. The Labute approximate surface area is 159 Å². The Balaban J connectivity index is 0.00000264. The van der Waals surface area contributed by atoms with Crippen LogP contribution in [0.25, 0.3) is 0 Å². The molecule has 0 amide bonds. The fourth-order valence-electron chi connectivity index (χ4n) is 2.10. The molecule has 2 rings (SSSR count). The van der Waals surface area contributed by atoms with E-state index in [9.17, 15) is 0 Å². The van der Waals surface area contributed by atoms with Gasteiger partial charge in [0.05, 0.1) is 13.7 Å². The molecule has 4 nitrogen and oxygen atoms in total. The van der Waals surface area contributed by atoms with E-state index < -0.39 is 0 Å². The van der Waals surface area contributed by atoms with E-state index >= 15 is 0 Å². The Kier molecular flexibility index (Phi) is 9.01. The number of rotatable bonds is 6. The lowest BCUT2D eigenvalue weighted by Gasteiger charge is -2.22. The third kappa shape index (κ3) is 6.39. The van der Waals surface area contributed by atoms with Gasteiger partial charge in [-0.1, -0.05) is 12.1 Å². The zero-order valence-corrected chi connectivity index (χ0v) is 16.9. The first kappa shape index (κ1) is 19.8. The number of nitrogens with zero attached hydrogens (tertiary/aromatic N) is 2. The van der Waals surface area contributed by atoms with Crippen molar-refractivity contribution in [3.05, 3.63) is 52.2 Å². The number of halogens is 1. The van der Waals surface area contributed by atoms with Crippen LogP contribution < -0.4 is 10.1 Å². The van der Waals surface area contributed by atoms with Crippen LogP contribution in [0.5, 0.6) is 5.75 Å². The third-order valence-corrected chi connectivity index (χ3v) is 4.00. The molecule has 0 unspecified atom stereocenters. The topological polar surface area (TPSA) is 36.9 Å². The van der Waals surface area contributed by atoms with Crippen molar-refractivity contribution in [3.63, 3.8) is 0 Å². The third-order valence-electron chi connectivity index (χ3n) is 3.27. The average molecular weight is 445 g/mol. The summed E-state index contributed by atoms with van der Waals surface area (Å²) in [6.45, 7) is 4.45. The van der Waals surface area contributed by atoms with E-state index in [1.807, 2.05) is 12.1 Å². The Morgan fingerprint density at radius 1 is 1.22 bits per heavy atom. The van der Waals surface area contributed by atoms with Crippen LogP contribution in [0.2, 0.25) is 0 Å². The first-order valence-electron chi connectivity index (χ1n) is 7.36. The molecule has 1 N–H and O–H groups in total. The molecule has 1 aromatic heterocycles. The molecule has 1 aromatic carbocycles. The van der Waals surface area contributed by atoms with Gasteiger partial charge in [0.1, 0.15) is 5.75 Å². The minimum Gasteiger partial charge on any atom is -0.497 e. The summed E-state index contributed by atoms with van der Waals surface area (Å²) in [4.78, 5) is 6.84. The Bertz CT molecular complexity index is 584. The summed E-state index contributed by atoms with van der Waals surface area (Å²) in [5.74, 6) is 1.80. The maximum Gasteiger partial charge on any atom is 0.194 e. The van der Waals surface area contributed by atoms with Crippen LogP contribution >= 0.6 is 35.3 Å². The molecule has 0 bridgehead atoms. The predicted molar refractivity (Wildman–Crippen MR) is 109 cm³/mol. The highest BCUT2D eigenvalue weighted by Gasteiger charge is 2.06. The second-order valence-corrected chi connectivity index (χ2v) is 5.79. The van der Waals surface area contributed by atoms with Gasteiger partial charge in [-0.05, 0) is 47.0 Å². The molecule has 0 aliphatic carbocycles. The number of hydrogen-bond acceptors (Lipinski definition) is 3. The molecule has 126 valence electrons. The van der Waals surface area contributed by atoms with E-state index in [1.54, 1.807) is 18.4 Å². The van der Waals surface area contributed by atoms with Crippen LogP contribution in [-0.2, 0) is 13.1 Å². The SMILES string of the molecule is CCNC(=NCc1ccsc1)N(C)Cc1ccc(OC)cc1.I. The molecule has 23 heavy (non-hydrogen) atoms. The van der Waals surface area contributed by atoms with E-state index in [-0.39, 0.29) is 24.0 Å². The van der Waals surface area contributed by atoms with Crippen molar-refractivity contribution in [1.29, 1.82) is 0 Å². The van der Waals surface area contributed by atoms with E-state index in [2.05, 4.69) is 53.1 Å². The summed E-state index contributed by atoms with van der Waals surface area (Å²) in [6.07, 6.45) is 0. The summed E-state index contributed by atoms with van der Waals surface area (Å²) >= 11 is 1.70. The van der Waals surface area contributed by atoms with Gasteiger partial charge in [0, 0.05) is 20.1 Å². The fourth-order valence-corrected chi connectivity index (χ4v) is 2.76. The maximum atomic E-state index is 5.19. The van der Waals surface area contributed by atoms with Crippen molar-refractivity contribution in [2.24, 2.45) is 4.99 Å². The first-order valence-corrected chi connectivity index (χ1v) is 8.30. The van der Waals surface area contributed by atoms with Gasteiger partial charge in [0.25, 0.3) is 0 Å². The number of guanidine groups is 1. The number of methoxy groups -OCH3 is 1. The lowest BCUT2D eigenvalue weighted by molar-refractivity contribution is 0.414. The van der Waals surface area contributed by atoms with E-state index in [0.717, 1.165) is 24.8 Å². The van der Waals surface area contributed by atoms with Gasteiger partial charge in [0.15, 0.2) is 5.96 Å². The van der Waals surface area contributed by atoms with Crippen molar-refractivity contribution in [1.82, 2.24) is 10.2 Å². The molecule has 0 atom stereocenters. The molecule has 0 fully saturated rings. The molecule has 0 aliphatic rings. The van der Waals surface area contributed by atoms with Crippen LogP contribution in [0.1, 0.15) is 18.1 Å². The monoisotopic (exact) mass is 445 g/mol. The number of aliphatic imine (C=N–C) groups is 1. The summed E-state index contributed by atoms with van der Waals surface area (Å²) < 4.78 is 5.19. The number of ether oxygens (including phenoxy) is 1. The van der Waals surface area contributed by atoms with Gasteiger partial charge in [-0.3, -0.25) is 0 Å². The average Bonchev–Trinajstić information content (AvgIpc) is 3.05. The normalized spacial score (nSPS) is 10.8. The predicted octanol–water partition coefficient (Wildman–Crippen LogP) is 3.97. The summed E-state index contributed by atoms with van der Waals surface area (Å²) in [7, 11) is 3.74. The van der Waals surface area contributed by atoms with Crippen LogP contribution in [0.15, 0.2) is 46.1 Å². The fraction of sp³-hybridized carbons (Fsp3) is 0.353. The highest BCUT2D eigenvalue weighted by Crippen LogP contribution is 2.13. The lowest BCUT2D eigenvalue weighted by atomic mass is 10.2. The molecule has 0 aliphatic heterocycles. The van der Waals surface area contributed by atoms with Gasteiger partial charge >= 0.3 is 0 Å². The van der Waals surface area contributed by atoms with Gasteiger partial charge in [0.2, 0.25) is 0 Å². The van der Waals surface area contributed by atoms with Crippen LogP contribution in [0, 0.1) is 0 Å². The number of nitrogens with one attached hydrogen (secondary N) is 1. The van der Waals surface area contributed by atoms with Crippen molar-refractivity contribution in [2.45, 2.75) is 20.0 Å². The molecular formula is C17H24IN3OS. The van der Waals surface area contributed by atoms with Crippen LogP contribution in [0.3, 0.4) is 0 Å². The smallest absolute Gasteiger partial charge is 0.194 e. The molecule has 0 saturated carbocycles. The van der Waals surface area contributed by atoms with Gasteiger partial charge in [-0.25, -0.2) is 4.99 Å². The second kappa shape index (κ2) is 10.5. The zero-order valence-electron chi connectivity index (χ0n) is 13.8. The van der Waals surface area contributed by atoms with Gasteiger partial charge in [-0.15, -0.1) is 24.0 Å². The van der Waals surface area contributed by atoms with Crippen LogP contribution in [-0.4, -0.2) is 31.6 Å². The molecule has 0 spiro atoms. The molecule has 0 radical (unpaired) electrons. The number of thiophene rings is 1. The Morgan fingerprint density at radius 3 is 2.52 bits per heavy atom. The van der Waals surface area contributed by atoms with Crippen molar-refractivity contribution in [3.8, 4) is 5.75 Å². The van der Waals surface area contributed by atoms with Crippen molar-refractivity contribution < 1.29 is 4.74 Å². The van der Waals surface area contributed by atoms with Crippen molar-refractivity contribution >= 4 is 41.3 Å². The van der Waals surface area contributed by atoms with E-state index in [0.29, 0.717) is 6.54 Å². The summed E-state index contributed by atoms with van der Waals surface area (Å²) in [5.41, 5.74) is 2.47. The van der Waals surface area contributed by atoms with E-state index in [1.165, 1.54) is 11.1 Å². The highest BCUT2D eigenvalue weighted by atomic mass is 127. The Morgan fingerprint density at radius 2 is 1.96 bits per heavy atom. The minimum absolute atomic E-state index is 0. The summed E-state index contributed by atoms with van der Waals surface area (Å²) in [6, 6.07) is 10.2. The standard InChI is InChI=1S/C17H23N3OS.HI/c1-4-18-17(19-11-15-9-10-22-13-15)20(2)12-14-5-7-16(21-3)8-6-14;/h5-10,13H,4,11-12H2,1-3H3,(H,18,19);1H.